The highest BCUT2D eigenvalue weighted by molar-refractivity contribution is 8.00. The molecule has 1 aromatic heterocycles. The summed E-state index contributed by atoms with van der Waals surface area (Å²) in [4.78, 5) is 13.0. The molecule has 0 bridgehead atoms. The number of benzene rings is 2. The number of hydrogen-bond acceptors (Lipinski definition) is 4. The number of nitrogens with zero attached hydrogens (tertiary/aromatic N) is 3. The minimum atomic E-state index is -0.273. The molecule has 1 aliphatic rings. The molecule has 1 fully saturated rings. The number of amides is 1. The second-order valence-corrected chi connectivity index (χ2v) is 10.0. The molecule has 1 N–H and O–H groups in total. The van der Waals surface area contributed by atoms with E-state index < -0.39 is 0 Å². The molecule has 1 atom stereocenters. The Bertz CT molecular complexity index is 1040. The lowest BCUT2D eigenvalue weighted by molar-refractivity contribution is -0.115. The highest BCUT2D eigenvalue weighted by Gasteiger charge is 2.26. The van der Waals surface area contributed by atoms with Gasteiger partial charge >= 0.3 is 0 Å². The predicted molar refractivity (Wildman–Crippen MR) is 131 cm³/mol. The molecule has 3 aromatic rings. The van der Waals surface area contributed by atoms with Crippen LogP contribution in [0, 0.1) is 13.8 Å². The lowest BCUT2D eigenvalue weighted by Gasteiger charge is -2.26. The summed E-state index contributed by atoms with van der Waals surface area (Å²) in [6.07, 6.45) is 6.82. The smallest absolute Gasteiger partial charge is 0.237 e. The van der Waals surface area contributed by atoms with Gasteiger partial charge in [0.1, 0.15) is 5.82 Å². The van der Waals surface area contributed by atoms with E-state index in [1.165, 1.54) is 36.6 Å². The molecule has 0 radical (unpaired) electrons. The number of aromatic nitrogens is 3. The van der Waals surface area contributed by atoms with Crippen molar-refractivity contribution in [3.05, 3.63) is 71.0 Å². The monoisotopic (exact) mass is 448 g/mol. The maximum absolute atomic E-state index is 13.0. The zero-order valence-corrected chi connectivity index (χ0v) is 20.0. The molecule has 1 saturated carbocycles. The Hall–Kier alpha value is -2.60. The molecule has 4 rings (SSSR count). The van der Waals surface area contributed by atoms with E-state index in [0.29, 0.717) is 6.04 Å². The predicted octanol–water partition coefficient (Wildman–Crippen LogP) is 6.11. The van der Waals surface area contributed by atoms with Gasteiger partial charge < -0.3 is 9.88 Å². The van der Waals surface area contributed by atoms with Gasteiger partial charge in [0, 0.05) is 18.2 Å². The summed E-state index contributed by atoms with van der Waals surface area (Å²) >= 11 is 1.51. The molecule has 0 saturated heterocycles. The van der Waals surface area contributed by atoms with Gasteiger partial charge in [0.05, 0.1) is 5.25 Å². The van der Waals surface area contributed by atoms with Gasteiger partial charge in [0.25, 0.3) is 0 Å². The lowest BCUT2D eigenvalue weighted by Crippen LogP contribution is -2.24. The number of thioether (sulfide) groups is 1. The van der Waals surface area contributed by atoms with Gasteiger partial charge in [-0.05, 0) is 50.3 Å². The number of aryl methyl sites for hydroxylation is 2. The number of hydrogen-bond donors (Lipinski definition) is 1. The van der Waals surface area contributed by atoms with Crippen molar-refractivity contribution in [3.8, 4) is 0 Å². The Morgan fingerprint density at radius 3 is 2.41 bits per heavy atom. The van der Waals surface area contributed by atoms with Crippen LogP contribution in [-0.4, -0.2) is 25.9 Å². The van der Waals surface area contributed by atoms with E-state index in [-0.39, 0.29) is 11.2 Å². The molecular formula is C26H32N4OS. The van der Waals surface area contributed by atoms with Crippen molar-refractivity contribution < 1.29 is 4.79 Å². The van der Waals surface area contributed by atoms with Crippen LogP contribution in [0.25, 0.3) is 0 Å². The summed E-state index contributed by atoms with van der Waals surface area (Å²) in [5.74, 6) is 0.989. The molecule has 6 heteroatoms. The number of carbonyl (C=O) groups excluding carboxylic acids is 1. The Morgan fingerprint density at radius 2 is 1.72 bits per heavy atom. The van der Waals surface area contributed by atoms with Crippen molar-refractivity contribution in [1.82, 2.24) is 14.8 Å². The molecule has 32 heavy (non-hydrogen) atoms. The normalized spacial score (nSPS) is 15.5. The van der Waals surface area contributed by atoms with Crippen LogP contribution in [-0.2, 0) is 11.2 Å². The van der Waals surface area contributed by atoms with Gasteiger partial charge in [-0.25, -0.2) is 0 Å². The summed E-state index contributed by atoms with van der Waals surface area (Å²) in [5.41, 5.74) is 4.29. The third-order valence-electron chi connectivity index (χ3n) is 6.26. The Labute approximate surface area is 195 Å². The summed E-state index contributed by atoms with van der Waals surface area (Å²) in [7, 11) is 0. The molecule has 1 amide bonds. The van der Waals surface area contributed by atoms with Crippen molar-refractivity contribution in [2.75, 3.05) is 5.32 Å². The van der Waals surface area contributed by atoms with Crippen LogP contribution in [0.1, 0.15) is 67.6 Å². The number of rotatable bonds is 7. The maximum atomic E-state index is 13.0. The Kier molecular flexibility index (Phi) is 7.30. The third kappa shape index (κ3) is 5.23. The third-order valence-corrected chi connectivity index (χ3v) is 7.32. The van der Waals surface area contributed by atoms with Crippen LogP contribution in [0.5, 0.6) is 0 Å². The molecule has 1 aliphatic carbocycles. The average Bonchev–Trinajstić information content (AvgIpc) is 3.19. The fourth-order valence-electron chi connectivity index (χ4n) is 4.44. The van der Waals surface area contributed by atoms with Crippen LogP contribution in [0.4, 0.5) is 5.69 Å². The molecule has 1 unspecified atom stereocenters. The molecule has 1 heterocycles. The highest BCUT2D eigenvalue weighted by atomic mass is 32.2. The van der Waals surface area contributed by atoms with Gasteiger partial charge in [0.15, 0.2) is 5.16 Å². The second kappa shape index (κ2) is 10.3. The van der Waals surface area contributed by atoms with Crippen LogP contribution >= 0.6 is 11.8 Å². The topological polar surface area (TPSA) is 59.8 Å². The van der Waals surface area contributed by atoms with Gasteiger partial charge in [0.2, 0.25) is 5.91 Å². The largest absolute Gasteiger partial charge is 0.325 e. The van der Waals surface area contributed by atoms with Crippen molar-refractivity contribution in [3.63, 3.8) is 0 Å². The summed E-state index contributed by atoms with van der Waals surface area (Å²) in [6.45, 7) is 6.00. The standard InChI is InChI=1S/C26H32N4OS/c1-18-11-10-12-19(2)24(18)27-25(31)20(3)32-26-29-28-23(17-21-13-6-4-7-14-21)30(26)22-15-8-5-9-16-22/h4,6-7,10-14,20,22H,5,8-9,15-17H2,1-3H3,(H,27,31). The molecule has 0 aliphatic heterocycles. The fraction of sp³-hybridized carbons (Fsp3) is 0.423. The molecular weight excluding hydrogens is 416 g/mol. The average molecular weight is 449 g/mol. The number of anilines is 1. The van der Waals surface area contributed by atoms with E-state index in [2.05, 4.69) is 44.3 Å². The van der Waals surface area contributed by atoms with Crippen molar-refractivity contribution in [2.45, 2.75) is 75.7 Å². The molecule has 5 nitrogen and oxygen atoms in total. The zero-order chi connectivity index (χ0) is 22.5. The van der Waals surface area contributed by atoms with Gasteiger partial charge in [-0.3, -0.25) is 4.79 Å². The first-order valence-corrected chi connectivity index (χ1v) is 12.4. The van der Waals surface area contributed by atoms with Gasteiger partial charge in [-0.2, -0.15) is 0 Å². The summed E-state index contributed by atoms with van der Waals surface area (Å²) in [6, 6.07) is 16.9. The highest BCUT2D eigenvalue weighted by Crippen LogP contribution is 2.34. The first kappa shape index (κ1) is 22.6. The summed E-state index contributed by atoms with van der Waals surface area (Å²) < 4.78 is 2.32. The van der Waals surface area contributed by atoms with E-state index in [0.717, 1.165) is 47.1 Å². The van der Waals surface area contributed by atoms with E-state index in [9.17, 15) is 4.79 Å². The molecule has 168 valence electrons. The summed E-state index contributed by atoms with van der Waals surface area (Å²) in [5, 5.41) is 12.8. The lowest BCUT2D eigenvalue weighted by atomic mass is 9.95. The quantitative estimate of drug-likeness (QED) is 0.443. The molecule has 2 aromatic carbocycles. The van der Waals surface area contributed by atoms with Crippen LogP contribution in [0.2, 0.25) is 0 Å². The fourth-order valence-corrected chi connectivity index (χ4v) is 5.38. The first-order chi connectivity index (χ1) is 15.5. The minimum Gasteiger partial charge on any atom is -0.325 e. The number of carbonyl (C=O) groups is 1. The van der Waals surface area contributed by atoms with E-state index in [4.69, 9.17) is 0 Å². The zero-order valence-electron chi connectivity index (χ0n) is 19.2. The van der Waals surface area contributed by atoms with Crippen molar-refractivity contribution >= 4 is 23.4 Å². The first-order valence-electron chi connectivity index (χ1n) is 11.5. The minimum absolute atomic E-state index is 0.00444. The van der Waals surface area contributed by atoms with Gasteiger partial charge in [-0.15, -0.1) is 10.2 Å². The number of nitrogens with one attached hydrogen (secondary N) is 1. The van der Waals surface area contributed by atoms with Crippen LogP contribution < -0.4 is 5.32 Å². The van der Waals surface area contributed by atoms with E-state index >= 15 is 0 Å². The van der Waals surface area contributed by atoms with Crippen molar-refractivity contribution in [2.24, 2.45) is 0 Å². The van der Waals surface area contributed by atoms with Crippen LogP contribution in [0.3, 0.4) is 0 Å². The van der Waals surface area contributed by atoms with Gasteiger partial charge in [-0.1, -0.05) is 79.6 Å². The van der Waals surface area contributed by atoms with Crippen LogP contribution in [0.15, 0.2) is 53.7 Å². The molecule has 0 spiro atoms. The SMILES string of the molecule is Cc1cccc(C)c1NC(=O)C(C)Sc1nnc(Cc2ccccc2)n1C1CCCCC1. The Morgan fingerprint density at radius 1 is 1.03 bits per heavy atom. The van der Waals surface area contributed by atoms with E-state index in [1.54, 1.807) is 0 Å². The van der Waals surface area contributed by atoms with Crippen molar-refractivity contribution in [1.29, 1.82) is 0 Å². The number of para-hydroxylation sites is 1. The maximum Gasteiger partial charge on any atom is 0.237 e. The Balaban J connectivity index is 1.55. The van der Waals surface area contributed by atoms with E-state index in [1.807, 2.05) is 45.0 Å². The second-order valence-electron chi connectivity index (χ2n) is 8.74.